The lowest BCUT2D eigenvalue weighted by Gasteiger charge is -2.13. The van der Waals surface area contributed by atoms with Crippen molar-refractivity contribution in [3.05, 3.63) is 65.9 Å². The van der Waals surface area contributed by atoms with Gasteiger partial charge in [-0.05, 0) is 36.4 Å². The first-order valence-corrected chi connectivity index (χ1v) is 8.35. The van der Waals surface area contributed by atoms with Crippen LogP contribution in [0.1, 0.15) is 27.1 Å². The highest BCUT2D eigenvalue weighted by molar-refractivity contribution is 6.21. The molecule has 0 fully saturated rings. The second-order valence-corrected chi connectivity index (χ2v) is 6.31. The fraction of sp³-hybridized carbons (Fsp3) is 0.150. The number of imide groups is 1. The van der Waals surface area contributed by atoms with E-state index in [0.29, 0.717) is 16.8 Å². The first-order chi connectivity index (χ1) is 12.5. The third kappa shape index (κ3) is 2.65. The molecule has 1 aromatic heterocycles. The molecule has 0 spiro atoms. The molecule has 1 N–H and O–H groups in total. The van der Waals surface area contributed by atoms with E-state index in [1.54, 1.807) is 24.3 Å². The van der Waals surface area contributed by atoms with Gasteiger partial charge in [-0.2, -0.15) is 0 Å². The number of carbonyl (C=O) groups excluding carboxylic acids is 3. The summed E-state index contributed by atoms with van der Waals surface area (Å²) in [5, 5.41) is 3.85. The SMILES string of the molecule is Cn1ccc2cc(NC(=O)CCN3C(=O)c4ccccc4C3=O)ccc21. The molecule has 0 saturated heterocycles. The summed E-state index contributed by atoms with van der Waals surface area (Å²) in [6, 6.07) is 14.4. The number of hydrogen-bond donors (Lipinski definition) is 1. The zero-order chi connectivity index (χ0) is 18.3. The van der Waals surface area contributed by atoms with Gasteiger partial charge >= 0.3 is 0 Å². The Balaban J connectivity index is 1.41. The van der Waals surface area contributed by atoms with Gasteiger partial charge < -0.3 is 9.88 Å². The van der Waals surface area contributed by atoms with Crippen LogP contribution in [0.2, 0.25) is 0 Å². The smallest absolute Gasteiger partial charge is 0.261 e. The van der Waals surface area contributed by atoms with Gasteiger partial charge in [0.2, 0.25) is 5.91 Å². The van der Waals surface area contributed by atoms with Crippen molar-refractivity contribution in [1.29, 1.82) is 0 Å². The summed E-state index contributed by atoms with van der Waals surface area (Å²) in [4.78, 5) is 38.0. The van der Waals surface area contributed by atoms with Crippen molar-refractivity contribution >= 4 is 34.3 Å². The maximum absolute atomic E-state index is 12.3. The quantitative estimate of drug-likeness (QED) is 0.738. The minimum atomic E-state index is -0.343. The summed E-state index contributed by atoms with van der Waals surface area (Å²) in [7, 11) is 1.96. The Labute approximate surface area is 150 Å². The Kier molecular flexibility index (Phi) is 3.80. The summed E-state index contributed by atoms with van der Waals surface area (Å²) < 4.78 is 2.00. The van der Waals surface area contributed by atoms with E-state index in [1.807, 2.05) is 42.1 Å². The lowest BCUT2D eigenvalue weighted by atomic mass is 10.1. The van der Waals surface area contributed by atoms with E-state index < -0.39 is 0 Å². The third-order valence-electron chi connectivity index (χ3n) is 4.61. The van der Waals surface area contributed by atoms with Crippen molar-refractivity contribution in [3.63, 3.8) is 0 Å². The molecule has 2 heterocycles. The van der Waals surface area contributed by atoms with Gasteiger partial charge in [-0.25, -0.2) is 0 Å². The van der Waals surface area contributed by atoms with Crippen molar-refractivity contribution in [2.24, 2.45) is 7.05 Å². The van der Waals surface area contributed by atoms with E-state index in [-0.39, 0.29) is 30.7 Å². The third-order valence-corrected chi connectivity index (χ3v) is 4.61. The number of fused-ring (bicyclic) bond motifs is 2. The predicted molar refractivity (Wildman–Crippen MR) is 98.0 cm³/mol. The molecule has 130 valence electrons. The van der Waals surface area contributed by atoms with Crippen LogP contribution in [-0.2, 0) is 11.8 Å². The maximum atomic E-state index is 12.3. The Bertz CT molecular complexity index is 1020. The number of rotatable bonds is 4. The van der Waals surface area contributed by atoms with Gasteiger partial charge in [-0.3, -0.25) is 19.3 Å². The average Bonchev–Trinajstić information content (AvgIpc) is 3.12. The van der Waals surface area contributed by atoms with Crippen molar-refractivity contribution in [2.45, 2.75) is 6.42 Å². The molecule has 26 heavy (non-hydrogen) atoms. The standard InChI is InChI=1S/C20H17N3O3/c1-22-10-8-13-12-14(6-7-17(13)22)21-18(24)9-11-23-19(25)15-4-2-3-5-16(15)20(23)26/h2-8,10,12H,9,11H2,1H3,(H,21,24). The molecule has 6 nitrogen and oxygen atoms in total. The zero-order valence-electron chi connectivity index (χ0n) is 14.2. The molecule has 3 aromatic rings. The van der Waals surface area contributed by atoms with Crippen LogP contribution in [0.5, 0.6) is 0 Å². The number of amides is 3. The molecule has 0 atom stereocenters. The van der Waals surface area contributed by atoms with E-state index in [9.17, 15) is 14.4 Å². The Hall–Kier alpha value is -3.41. The number of nitrogens with zero attached hydrogens (tertiary/aromatic N) is 2. The molecule has 0 bridgehead atoms. The molecular formula is C20H17N3O3. The Morgan fingerprint density at radius 2 is 1.69 bits per heavy atom. The summed E-state index contributed by atoms with van der Waals surface area (Å²) in [5.74, 6) is -0.926. The monoisotopic (exact) mass is 347 g/mol. The number of benzene rings is 2. The van der Waals surface area contributed by atoms with Gasteiger partial charge in [0.25, 0.3) is 11.8 Å². The first kappa shape index (κ1) is 16.1. The molecule has 0 saturated carbocycles. The van der Waals surface area contributed by atoms with Crippen LogP contribution >= 0.6 is 0 Å². The van der Waals surface area contributed by atoms with Crippen LogP contribution in [-0.4, -0.2) is 33.7 Å². The highest BCUT2D eigenvalue weighted by Gasteiger charge is 2.34. The van der Waals surface area contributed by atoms with Gasteiger partial charge in [0.15, 0.2) is 0 Å². The van der Waals surface area contributed by atoms with Gasteiger partial charge in [-0.15, -0.1) is 0 Å². The van der Waals surface area contributed by atoms with Crippen LogP contribution in [0.3, 0.4) is 0 Å². The number of carbonyl (C=O) groups is 3. The number of aromatic nitrogens is 1. The fourth-order valence-electron chi connectivity index (χ4n) is 3.24. The molecule has 0 radical (unpaired) electrons. The number of aryl methyl sites for hydroxylation is 1. The minimum absolute atomic E-state index is 0.0539. The van der Waals surface area contributed by atoms with Gasteiger partial charge in [0.05, 0.1) is 11.1 Å². The number of nitrogens with one attached hydrogen (secondary N) is 1. The van der Waals surface area contributed by atoms with Gasteiger partial charge in [-0.1, -0.05) is 12.1 Å². The molecular weight excluding hydrogens is 330 g/mol. The predicted octanol–water partition coefficient (Wildman–Crippen LogP) is 2.80. The van der Waals surface area contributed by atoms with Crippen LogP contribution in [0.25, 0.3) is 10.9 Å². The second kappa shape index (κ2) is 6.15. The van der Waals surface area contributed by atoms with E-state index in [2.05, 4.69) is 5.32 Å². The van der Waals surface area contributed by atoms with Crippen LogP contribution < -0.4 is 5.32 Å². The molecule has 6 heteroatoms. The second-order valence-electron chi connectivity index (χ2n) is 6.31. The molecule has 1 aliphatic rings. The highest BCUT2D eigenvalue weighted by Crippen LogP contribution is 2.23. The lowest BCUT2D eigenvalue weighted by molar-refractivity contribution is -0.116. The number of hydrogen-bond acceptors (Lipinski definition) is 3. The topological polar surface area (TPSA) is 71.4 Å². The van der Waals surface area contributed by atoms with E-state index in [0.717, 1.165) is 15.8 Å². The first-order valence-electron chi connectivity index (χ1n) is 8.35. The molecule has 3 amide bonds. The zero-order valence-corrected chi connectivity index (χ0v) is 14.2. The minimum Gasteiger partial charge on any atom is -0.351 e. The van der Waals surface area contributed by atoms with Crippen molar-refractivity contribution in [2.75, 3.05) is 11.9 Å². The van der Waals surface area contributed by atoms with E-state index >= 15 is 0 Å². The maximum Gasteiger partial charge on any atom is 0.261 e. The Morgan fingerprint density at radius 1 is 1.00 bits per heavy atom. The van der Waals surface area contributed by atoms with Crippen LogP contribution in [0.4, 0.5) is 5.69 Å². The van der Waals surface area contributed by atoms with Crippen LogP contribution in [0, 0.1) is 0 Å². The van der Waals surface area contributed by atoms with Crippen molar-refractivity contribution in [3.8, 4) is 0 Å². The van der Waals surface area contributed by atoms with Gasteiger partial charge in [0, 0.05) is 42.8 Å². The summed E-state index contributed by atoms with van der Waals surface area (Å²) in [5.41, 5.74) is 2.56. The number of anilines is 1. The normalized spacial score (nSPS) is 13.3. The average molecular weight is 347 g/mol. The summed E-state index contributed by atoms with van der Waals surface area (Å²) in [6.07, 6.45) is 2.01. The molecule has 0 aliphatic carbocycles. The van der Waals surface area contributed by atoms with Crippen LogP contribution in [0.15, 0.2) is 54.7 Å². The largest absolute Gasteiger partial charge is 0.351 e. The Morgan fingerprint density at radius 3 is 2.38 bits per heavy atom. The highest BCUT2D eigenvalue weighted by atomic mass is 16.2. The summed E-state index contributed by atoms with van der Waals surface area (Å²) >= 11 is 0. The van der Waals surface area contributed by atoms with Crippen molar-refractivity contribution in [1.82, 2.24) is 9.47 Å². The molecule has 1 aliphatic heterocycles. The van der Waals surface area contributed by atoms with Gasteiger partial charge in [0.1, 0.15) is 0 Å². The molecule has 0 unspecified atom stereocenters. The molecule has 4 rings (SSSR count). The van der Waals surface area contributed by atoms with E-state index in [1.165, 1.54) is 0 Å². The summed E-state index contributed by atoms with van der Waals surface area (Å²) in [6.45, 7) is 0.0613. The molecule has 2 aromatic carbocycles. The fourth-order valence-corrected chi connectivity index (χ4v) is 3.24. The lowest BCUT2D eigenvalue weighted by Crippen LogP contribution is -2.32. The van der Waals surface area contributed by atoms with E-state index in [4.69, 9.17) is 0 Å². The van der Waals surface area contributed by atoms with Crippen molar-refractivity contribution < 1.29 is 14.4 Å².